The highest BCUT2D eigenvalue weighted by molar-refractivity contribution is 7.99. The first-order valence-electron chi connectivity index (χ1n) is 8.24. The first kappa shape index (κ1) is 17.7. The van der Waals surface area contributed by atoms with Crippen LogP contribution in [0.4, 0.5) is 5.69 Å². The molecular weight excluding hydrogens is 340 g/mol. The summed E-state index contributed by atoms with van der Waals surface area (Å²) >= 11 is 1.91. The van der Waals surface area contributed by atoms with Crippen molar-refractivity contribution in [2.75, 3.05) is 50.3 Å². The third-order valence-electron chi connectivity index (χ3n) is 4.18. The molecule has 1 aliphatic heterocycles. The number of pyridine rings is 1. The average molecular weight is 362 g/mol. The molecule has 0 amide bonds. The smallest absolute Gasteiger partial charge is 0.341 e. The van der Waals surface area contributed by atoms with E-state index in [1.807, 2.05) is 23.9 Å². The third kappa shape index (κ3) is 3.33. The molecule has 7 heteroatoms. The molecule has 0 aliphatic carbocycles. The number of methoxy groups -OCH3 is 2. The number of nitrogens with zero attached hydrogens (tertiary/aromatic N) is 2. The summed E-state index contributed by atoms with van der Waals surface area (Å²) < 4.78 is 16.3. The Balaban J connectivity index is 2.30. The van der Waals surface area contributed by atoms with Gasteiger partial charge in [0.25, 0.3) is 0 Å². The highest BCUT2D eigenvalue weighted by Crippen LogP contribution is 2.41. The summed E-state index contributed by atoms with van der Waals surface area (Å²) in [6.07, 6.45) is 1.58. The second-order valence-corrected chi connectivity index (χ2v) is 6.76. The Kier molecular flexibility index (Phi) is 5.53. The van der Waals surface area contributed by atoms with E-state index in [1.165, 1.54) is 0 Å². The summed E-state index contributed by atoms with van der Waals surface area (Å²) in [5.41, 5.74) is 1.97. The molecule has 1 fully saturated rings. The number of anilines is 1. The monoisotopic (exact) mass is 362 g/mol. The van der Waals surface area contributed by atoms with Gasteiger partial charge in [-0.15, -0.1) is 0 Å². The summed E-state index contributed by atoms with van der Waals surface area (Å²) in [6.45, 7) is 3.84. The molecule has 2 heterocycles. The van der Waals surface area contributed by atoms with Crippen molar-refractivity contribution in [2.24, 2.45) is 0 Å². The van der Waals surface area contributed by atoms with Gasteiger partial charge in [-0.25, -0.2) is 4.79 Å². The van der Waals surface area contributed by atoms with Crippen molar-refractivity contribution >= 4 is 34.3 Å². The van der Waals surface area contributed by atoms with Gasteiger partial charge in [-0.3, -0.25) is 4.98 Å². The van der Waals surface area contributed by atoms with Crippen molar-refractivity contribution in [1.29, 1.82) is 0 Å². The highest BCUT2D eigenvalue weighted by Gasteiger charge is 2.26. The number of aromatic nitrogens is 1. The highest BCUT2D eigenvalue weighted by atomic mass is 32.2. The van der Waals surface area contributed by atoms with Crippen LogP contribution in [0.25, 0.3) is 10.9 Å². The standard InChI is InChI=1S/C18H22N2O4S/c1-4-24-18(21)12-11-19-16-14(23-3)6-5-13(22-2)15(16)17(12)20-7-9-25-10-8-20/h5-6,11H,4,7-10H2,1-3H3. The maximum Gasteiger partial charge on any atom is 0.341 e. The zero-order valence-electron chi connectivity index (χ0n) is 14.7. The maximum absolute atomic E-state index is 12.5. The number of hydrogen-bond acceptors (Lipinski definition) is 7. The Morgan fingerprint density at radius 1 is 1.20 bits per heavy atom. The van der Waals surface area contributed by atoms with Crippen LogP contribution < -0.4 is 14.4 Å². The van der Waals surface area contributed by atoms with Crippen LogP contribution in [-0.4, -0.2) is 56.4 Å². The molecule has 6 nitrogen and oxygen atoms in total. The lowest BCUT2D eigenvalue weighted by molar-refractivity contribution is 0.0527. The Morgan fingerprint density at radius 2 is 1.88 bits per heavy atom. The number of benzene rings is 1. The molecule has 2 aromatic rings. The van der Waals surface area contributed by atoms with Crippen LogP contribution in [0.2, 0.25) is 0 Å². The van der Waals surface area contributed by atoms with Gasteiger partial charge in [-0.1, -0.05) is 0 Å². The summed E-state index contributed by atoms with van der Waals surface area (Å²) in [5.74, 6) is 2.98. The average Bonchev–Trinajstić information content (AvgIpc) is 2.67. The van der Waals surface area contributed by atoms with Crippen molar-refractivity contribution in [3.8, 4) is 11.5 Å². The lowest BCUT2D eigenvalue weighted by Crippen LogP contribution is -2.34. The Morgan fingerprint density at radius 3 is 2.52 bits per heavy atom. The summed E-state index contributed by atoms with van der Waals surface area (Å²) in [5, 5.41) is 0.791. The van der Waals surface area contributed by atoms with E-state index in [4.69, 9.17) is 14.2 Å². The molecule has 0 unspecified atom stereocenters. The lowest BCUT2D eigenvalue weighted by atomic mass is 10.1. The molecule has 0 saturated carbocycles. The predicted octanol–water partition coefficient (Wildman–Crippen LogP) is 2.98. The molecule has 0 bridgehead atoms. The van der Waals surface area contributed by atoms with E-state index in [0.717, 1.165) is 35.7 Å². The fourth-order valence-corrected chi connectivity index (χ4v) is 3.95. The SMILES string of the molecule is CCOC(=O)c1cnc2c(OC)ccc(OC)c2c1N1CCSCC1. The van der Waals surface area contributed by atoms with Crippen LogP contribution in [-0.2, 0) is 4.74 Å². The molecule has 0 N–H and O–H groups in total. The number of rotatable bonds is 5. The zero-order valence-corrected chi connectivity index (χ0v) is 15.5. The fourth-order valence-electron chi connectivity index (χ4n) is 3.04. The van der Waals surface area contributed by atoms with Gasteiger partial charge in [0.1, 0.15) is 22.6 Å². The number of ether oxygens (including phenoxy) is 3. The Labute approximate surface area is 151 Å². The lowest BCUT2D eigenvalue weighted by Gasteiger charge is -2.31. The number of carbonyl (C=O) groups excluding carboxylic acids is 1. The van der Waals surface area contributed by atoms with E-state index in [2.05, 4.69) is 9.88 Å². The number of esters is 1. The summed E-state index contributed by atoms with van der Waals surface area (Å²) in [7, 11) is 3.23. The van der Waals surface area contributed by atoms with E-state index in [9.17, 15) is 4.79 Å². The molecule has 134 valence electrons. The van der Waals surface area contributed by atoms with E-state index >= 15 is 0 Å². The zero-order chi connectivity index (χ0) is 17.8. The Hall–Kier alpha value is -2.15. The molecule has 1 aliphatic rings. The molecule has 1 aromatic heterocycles. The first-order chi connectivity index (χ1) is 12.2. The topological polar surface area (TPSA) is 60.9 Å². The molecule has 0 atom stereocenters. The van der Waals surface area contributed by atoms with Gasteiger partial charge >= 0.3 is 5.97 Å². The molecule has 3 rings (SSSR count). The fraction of sp³-hybridized carbons (Fsp3) is 0.444. The van der Waals surface area contributed by atoms with E-state index in [1.54, 1.807) is 27.3 Å². The van der Waals surface area contributed by atoms with E-state index in [0.29, 0.717) is 29.2 Å². The van der Waals surface area contributed by atoms with Gasteiger partial charge in [0.05, 0.1) is 31.9 Å². The van der Waals surface area contributed by atoms with Gasteiger partial charge < -0.3 is 19.1 Å². The van der Waals surface area contributed by atoms with Crippen LogP contribution in [0.15, 0.2) is 18.3 Å². The van der Waals surface area contributed by atoms with Crippen LogP contribution in [0.3, 0.4) is 0 Å². The van der Waals surface area contributed by atoms with Crippen molar-refractivity contribution in [3.05, 3.63) is 23.9 Å². The second kappa shape index (κ2) is 7.82. The molecule has 1 saturated heterocycles. The van der Waals surface area contributed by atoms with Gasteiger partial charge in [-0.05, 0) is 19.1 Å². The molecular formula is C18H22N2O4S. The van der Waals surface area contributed by atoms with Crippen LogP contribution in [0, 0.1) is 0 Å². The van der Waals surface area contributed by atoms with Gasteiger partial charge in [0, 0.05) is 30.8 Å². The van der Waals surface area contributed by atoms with Crippen molar-refractivity contribution in [1.82, 2.24) is 4.98 Å². The van der Waals surface area contributed by atoms with Gasteiger partial charge in [0.2, 0.25) is 0 Å². The first-order valence-corrected chi connectivity index (χ1v) is 9.40. The molecule has 1 aromatic carbocycles. The quantitative estimate of drug-likeness (QED) is 0.758. The van der Waals surface area contributed by atoms with Gasteiger partial charge in [-0.2, -0.15) is 11.8 Å². The maximum atomic E-state index is 12.5. The van der Waals surface area contributed by atoms with Crippen LogP contribution in [0.1, 0.15) is 17.3 Å². The minimum Gasteiger partial charge on any atom is -0.496 e. The molecule has 0 radical (unpaired) electrons. The van der Waals surface area contributed by atoms with Crippen molar-refractivity contribution in [3.63, 3.8) is 0 Å². The van der Waals surface area contributed by atoms with Gasteiger partial charge in [0.15, 0.2) is 0 Å². The largest absolute Gasteiger partial charge is 0.496 e. The minimum absolute atomic E-state index is 0.321. The van der Waals surface area contributed by atoms with Crippen molar-refractivity contribution < 1.29 is 19.0 Å². The van der Waals surface area contributed by atoms with E-state index < -0.39 is 0 Å². The molecule has 0 spiro atoms. The number of carbonyl (C=O) groups is 1. The summed E-state index contributed by atoms with van der Waals surface area (Å²) in [4.78, 5) is 19.2. The van der Waals surface area contributed by atoms with Crippen molar-refractivity contribution in [2.45, 2.75) is 6.92 Å². The van der Waals surface area contributed by atoms with Crippen LogP contribution in [0.5, 0.6) is 11.5 Å². The Bertz CT molecular complexity index is 775. The van der Waals surface area contributed by atoms with E-state index in [-0.39, 0.29) is 5.97 Å². The normalized spacial score (nSPS) is 14.4. The second-order valence-electron chi connectivity index (χ2n) is 5.53. The number of fused-ring (bicyclic) bond motifs is 1. The van der Waals surface area contributed by atoms with Crippen LogP contribution >= 0.6 is 11.8 Å². The predicted molar refractivity (Wildman–Crippen MR) is 100 cm³/mol. The molecule has 25 heavy (non-hydrogen) atoms. The minimum atomic E-state index is -0.366. The summed E-state index contributed by atoms with van der Waals surface area (Å²) in [6, 6.07) is 3.67. The number of thioether (sulfide) groups is 1. The number of hydrogen-bond donors (Lipinski definition) is 0. The third-order valence-corrected chi connectivity index (χ3v) is 5.12.